The molecule has 3 aromatic heterocycles. The van der Waals surface area contributed by atoms with Gasteiger partial charge in [0.1, 0.15) is 22.2 Å². The SMILES string of the molecule is CC(C)n1c(O[C@@H]2C[C@H]3C(=O)C[C@]4(C(=O)NS(=O)(=O)N(C)C)C[C@@H]4/C=C\CCCCC[C@H](CC(=O)OC(C)(C)C)C(=O)N3C2)nc2c(-c3nc(-c4cccnc4)cs3)cccc21. The van der Waals surface area contributed by atoms with Gasteiger partial charge in [0.15, 0.2) is 5.78 Å². The van der Waals surface area contributed by atoms with Crippen molar-refractivity contribution in [3.05, 3.63) is 60.3 Å². The van der Waals surface area contributed by atoms with Gasteiger partial charge in [0.05, 0.1) is 35.6 Å². The Kier molecular flexibility index (Phi) is 13.1. The first-order valence-corrected chi connectivity index (χ1v) is 23.7. The zero-order chi connectivity index (χ0) is 44.6. The maximum Gasteiger partial charge on any atom is 0.307 e. The number of imidazole rings is 1. The first-order valence-electron chi connectivity index (χ1n) is 21.4. The Hall–Kier alpha value is -5.00. The number of nitrogens with zero attached hydrogens (tertiary/aromatic N) is 6. The van der Waals surface area contributed by atoms with E-state index in [1.165, 1.54) is 30.3 Å². The zero-order valence-corrected chi connectivity index (χ0v) is 38.1. The normalized spacial score (nSPS) is 24.3. The van der Waals surface area contributed by atoms with E-state index in [2.05, 4.69) is 9.71 Å². The van der Waals surface area contributed by atoms with E-state index in [-0.39, 0.29) is 55.9 Å². The van der Waals surface area contributed by atoms with Gasteiger partial charge in [-0.05, 0) is 90.5 Å². The molecule has 0 radical (unpaired) electrons. The zero-order valence-electron chi connectivity index (χ0n) is 36.5. The van der Waals surface area contributed by atoms with Gasteiger partial charge in [-0.15, -0.1) is 11.3 Å². The van der Waals surface area contributed by atoms with E-state index in [0.717, 1.165) is 50.9 Å². The van der Waals surface area contributed by atoms with Gasteiger partial charge in [-0.3, -0.25) is 28.7 Å². The van der Waals surface area contributed by atoms with Crippen LogP contribution in [0.5, 0.6) is 6.01 Å². The molecule has 0 bridgehead atoms. The number of fused-ring (bicyclic) bond motifs is 3. The number of benzene rings is 1. The lowest BCUT2D eigenvalue weighted by atomic mass is 9.90. The number of esters is 1. The Morgan fingerprint density at radius 3 is 2.58 bits per heavy atom. The van der Waals surface area contributed by atoms with Crippen molar-refractivity contribution in [2.45, 2.75) is 116 Å². The van der Waals surface area contributed by atoms with Crippen LogP contribution in [0, 0.1) is 17.3 Å². The van der Waals surface area contributed by atoms with Crippen LogP contribution in [0.25, 0.3) is 32.9 Å². The third-order valence-corrected chi connectivity index (χ3v) is 14.1. The highest BCUT2D eigenvalue weighted by Gasteiger charge is 2.61. The van der Waals surface area contributed by atoms with Crippen LogP contribution >= 0.6 is 11.3 Å². The van der Waals surface area contributed by atoms with Crippen molar-refractivity contribution >= 4 is 56.1 Å². The Morgan fingerprint density at radius 1 is 1.08 bits per heavy atom. The van der Waals surface area contributed by atoms with E-state index in [1.807, 2.05) is 66.3 Å². The van der Waals surface area contributed by atoms with Crippen LogP contribution in [0.15, 0.2) is 60.3 Å². The minimum absolute atomic E-state index is 0.0344. The van der Waals surface area contributed by atoms with Gasteiger partial charge in [-0.2, -0.15) is 17.7 Å². The van der Waals surface area contributed by atoms with E-state index in [1.54, 1.807) is 33.2 Å². The van der Waals surface area contributed by atoms with Gasteiger partial charge in [-0.1, -0.05) is 31.1 Å². The van der Waals surface area contributed by atoms with Crippen LogP contribution in [0.2, 0.25) is 0 Å². The van der Waals surface area contributed by atoms with Crippen LogP contribution in [-0.4, -0.2) is 99.1 Å². The summed E-state index contributed by atoms with van der Waals surface area (Å²) in [5, 5.41) is 2.76. The summed E-state index contributed by atoms with van der Waals surface area (Å²) in [4.78, 5) is 72.4. The largest absolute Gasteiger partial charge is 0.460 e. The van der Waals surface area contributed by atoms with Crippen molar-refractivity contribution in [1.82, 2.24) is 33.4 Å². The van der Waals surface area contributed by atoms with E-state index in [4.69, 9.17) is 19.4 Å². The first kappa shape index (κ1) is 45.0. The molecule has 4 aromatic rings. The van der Waals surface area contributed by atoms with Gasteiger partial charge >= 0.3 is 16.2 Å². The molecule has 17 heteroatoms. The summed E-state index contributed by atoms with van der Waals surface area (Å²) in [6, 6.07) is 8.96. The van der Waals surface area contributed by atoms with Gasteiger partial charge in [0, 0.05) is 67.8 Å². The molecule has 62 heavy (non-hydrogen) atoms. The van der Waals surface area contributed by atoms with Crippen molar-refractivity contribution in [2.24, 2.45) is 17.3 Å². The van der Waals surface area contributed by atoms with Gasteiger partial charge < -0.3 is 14.4 Å². The number of carbonyl (C=O) groups excluding carboxylic acids is 4. The van der Waals surface area contributed by atoms with Crippen molar-refractivity contribution in [3.8, 4) is 27.8 Å². The molecule has 5 atom stereocenters. The van der Waals surface area contributed by atoms with Crippen molar-refractivity contribution in [3.63, 3.8) is 0 Å². The number of rotatable bonds is 10. The van der Waals surface area contributed by atoms with Crippen LogP contribution in [0.1, 0.15) is 98.4 Å². The number of thiazole rings is 1. The van der Waals surface area contributed by atoms with Gasteiger partial charge in [-0.25, -0.2) is 9.71 Å². The highest BCUT2D eigenvalue weighted by Crippen LogP contribution is 2.57. The van der Waals surface area contributed by atoms with E-state index in [0.29, 0.717) is 24.4 Å². The molecule has 3 aliphatic rings. The maximum absolute atomic E-state index is 14.8. The number of nitrogens with one attached hydrogen (secondary N) is 1. The summed E-state index contributed by atoms with van der Waals surface area (Å²) in [5.41, 5.74) is 1.99. The van der Waals surface area contributed by atoms with Crippen molar-refractivity contribution in [2.75, 3.05) is 20.6 Å². The molecule has 332 valence electrons. The second kappa shape index (κ2) is 18.0. The smallest absolute Gasteiger partial charge is 0.307 e. The number of ketones is 1. The third-order valence-electron chi connectivity index (χ3n) is 11.8. The van der Waals surface area contributed by atoms with E-state index in [9.17, 15) is 27.6 Å². The molecule has 1 aromatic carbocycles. The molecule has 15 nitrogen and oxygen atoms in total. The molecule has 1 N–H and O–H groups in total. The summed E-state index contributed by atoms with van der Waals surface area (Å²) in [7, 11) is -1.50. The molecule has 2 amide bonds. The number of Topliss-reactive ketones (excluding diaryl/α,β-unsaturated/α-hetero) is 1. The Bertz CT molecular complexity index is 2460. The minimum Gasteiger partial charge on any atom is -0.460 e. The van der Waals surface area contributed by atoms with Crippen molar-refractivity contribution in [1.29, 1.82) is 0 Å². The molecule has 1 aliphatic carbocycles. The lowest BCUT2D eigenvalue weighted by molar-refractivity contribution is -0.159. The van der Waals surface area contributed by atoms with Crippen molar-refractivity contribution < 1.29 is 37.1 Å². The molecule has 2 fully saturated rings. The fourth-order valence-electron chi connectivity index (χ4n) is 8.57. The van der Waals surface area contributed by atoms with Gasteiger partial charge in [0.25, 0.3) is 6.01 Å². The predicted molar refractivity (Wildman–Crippen MR) is 236 cm³/mol. The highest BCUT2D eigenvalue weighted by atomic mass is 32.2. The predicted octanol–water partition coefficient (Wildman–Crippen LogP) is 6.91. The van der Waals surface area contributed by atoms with Crippen LogP contribution in [-0.2, 0) is 34.1 Å². The summed E-state index contributed by atoms with van der Waals surface area (Å²) >= 11 is 1.50. The van der Waals surface area contributed by atoms with Gasteiger partial charge in [0.2, 0.25) is 11.8 Å². The lowest BCUT2D eigenvalue weighted by Crippen LogP contribution is -2.47. The molecule has 5 heterocycles. The lowest BCUT2D eigenvalue weighted by Gasteiger charge is -2.29. The third kappa shape index (κ3) is 9.79. The average molecular weight is 888 g/mol. The molecular formula is C45H57N7O8S2. The molecule has 1 saturated carbocycles. The number of carbonyl (C=O) groups is 4. The van der Waals surface area contributed by atoms with E-state index >= 15 is 0 Å². The number of allylic oxidation sites excluding steroid dienone is 2. The number of aromatic nitrogens is 4. The van der Waals surface area contributed by atoms with E-state index < -0.39 is 51.2 Å². The van der Waals surface area contributed by atoms with Crippen LogP contribution in [0.3, 0.4) is 0 Å². The standard InChI is InChI=1S/C45H57N7O8S2/c1-28(2)52-35-19-13-18-33(40-47-34(27-61-40)30-16-14-20-46-25-30)39(35)48-43(52)59-32-22-36-37(53)24-45(42(56)49-62(57,58)50(6)7)23-31(45)17-12-10-8-9-11-15-29(41(55)51(36)26-32)21-38(54)60-44(3,4)5/h12-14,16-20,25,27-29,31-32,36H,8-11,15,21-24,26H2,1-7H3,(H,49,56)/b17-12-/t29-,31+,32-,36+,45-/m1/s1. The number of pyridine rings is 1. The first-order chi connectivity index (χ1) is 29.4. The summed E-state index contributed by atoms with van der Waals surface area (Å²) in [6.45, 7) is 9.42. The Labute approximate surface area is 367 Å². The Morgan fingerprint density at radius 2 is 1.87 bits per heavy atom. The fraction of sp³-hybridized carbons (Fsp3) is 0.533. The summed E-state index contributed by atoms with van der Waals surface area (Å²) in [6.07, 6.45) is 10.1. The highest BCUT2D eigenvalue weighted by molar-refractivity contribution is 7.87. The fourth-order valence-corrected chi connectivity index (χ4v) is 10.0. The molecular weight excluding hydrogens is 831 g/mol. The molecule has 0 spiro atoms. The molecule has 1 saturated heterocycles. The van der Waals surface area contributed by atoms with Crippen LogP contribution < -0.4 is 9.46 Å². The number of hydrogen-bond acceptors (Lipinski definition) is 12. The molecule has 2 aliphatic heterocycles. The summed E-state index contributed by atoms with van der Waals surface area (Å²) < 4.78 is 43.2. The molecule has 7 rings (SSSR count). The second-order valence-electron chi connectivity index (χ2n) is 18.2. The maximum atomic E-state index is 14.8. The number of para-hydroxylation sites is 1. The molecule has 0 unspecified atom stereocenters. The second-order valence-corrected chi connectivity index (χ2v) is 20.9. The quantitative estimate of drug-likeness (QED) is 0.129. The minimum atomic E-state index is -4.14. The monoisotopic (exact) mass is 887 g/mol. The Balaban J connectivity index is 1.23. The van der Waals surface area contributed by atoms with Crippen LogP contribution in [0.4, 0.5) is 0 Å². The average Bonchev–Trinajstić information content (AvgIpc) is 3.56. The number of amides is 2. The summed E-state index contributed by atoms with van der Waals surface area (Å²) in [5.74, 6) is -3.10. The topological polar surface area (TPSA) is 183 Å². The number of hydrogen-bond donors (Lipinski definition) is 1. The number of ether oxygens (including phenoxy) is 2.